The topological polar surface area (TPSA) is 71.3 Å². The lowest BCUT2D eigenvalue weighted by Crippen LogP contribution is -2.33. The summed E-state index contributed by atoms with van der Waals surface area (Å²) in [7, 11) is 0. The Labute approximate surface area is 175 Å². The van der Waals surface area contributed by atoms with Crippen molar-refractivity contribution in [2.45, 2.75) is 25.6 Å². The van der Waals surface area contributed by atoms with E-state index in [1.165, 1.54) is 18.2 Å². The second kappa shape index (κ2) is 9.92. The lowest BCUT2D eigenvalue weighted by atomic mass is 9.99. The number of nitrogens with one attached hydrogen (secondary N) is 1. The highest BCUT2D eigenvalue weighted by molar-refractivity contribution is 9.10. The fourth-order valence-corrected chi connectivity index (χ4v) is 3.71. The van der Waals surface area contributed by atoms with Crippen LogP contribution in [-0.4, -0.2) is 32.1 Å². The Morgan fingerprint density at radius 2 is 2.07 bits per heavy atom. The van der Waals surface area contributed by atoms with Gasteiger partial charge in [-0.2, -0.15) is 14.0 Å². The number of morpholine rings is 1. The van der Waals surface area contributed by atoms with E-state index in [1.807, 2.05) is 24.3 Å². The fraction of sp³-hybridized carbons (Fsp3) is 0.333. The number of nitriles is 1. The summed E-state index contributed by atoms with van der Waals surface area (Å²) in [5.74, 6) is -0.271. The van der Waals surface area contributed by atoms with Crippen LogP contribution in [0.2, 0.25) is 0 Å². The smallest absolute Gasteiger partial charge is 0.387 e. The van der Waals surface area contributed by atoms with Gasteiger partial charge < -0.3 is 14.8 Å². The maximum absolute atomic E-state index is 12.6. The van der Waals surface area contributed by atoms with E-state index in [9.17, 15) is 13.6 Å². The van der Waals surface area contributed by atoms with Gasteiger partial charge in [0.2, 0.25) is 0 Å². The van der Waals surface area contributed by atoms with Crippen molar-refractivity contribution in [1.29, 1.82) is 5.26 Å². The zero-order chi connectivity index (χ0) is 20.8. The van der Waals surface area contributed by atoms with Gasteiger partial charge in [-0.25, -0.2) is 0 Å². The molecular formula is C21H19BrF2N2O3. The highest BCUT2D eigenvalue weighted by Crippen LogP contribution is 2.27. The SMILES string of the molecule is N#Cc1ccc(OC(F)F)c(CC(=O)Cc2ccc([C@H]3CNCCO3)cc2Br)c1. The minimum atomic E-state index is -3.00. The molecule has 29 heavy (non-hydrogen) atoms. The second-order valence-electron chi connectivity index (χ2n) is 6.62. The number of rotatable bonds is 7. The van der Waals surface area contributed by atoms with Crippen molar-refractivity contribution in [2.75, 3.05) is 19.7 Å². The number of nitrogens with zero attached hydrogens (tertiary/aromatic N) is 1. The van der Waals surface area contributed by atoms with Gasteiger partial charge in [-0.15, -0.1) is 0 Å². The summed E-state index contributed by atoms with van der Waals surface area (Å²) in [4.78, 5) is 12.6. The molecule has 5 nitrogen and oxygen atoms in total. The van der Waals surface area contributed by atoms with Crippen LogP contribution in [0, 0.1) is 11.3 Å². The summed E-state index contributed by atoms with van der Waals surface area (Å²) in [5, 5.41) is 12.3. The molecule has 1 saturated heterocycles. The Hall–Kier alpha value is -2.34. The zero-order valence-electron chi connectivity index (χ0n) is 15.5. The van der Waals surface area contributed by atoms with Crippen LogP contribution >= 0.6 is 15.9 Å². The van der Waals surface area contributed by atoms with Gasteiger partial charge in [0.25, 0.3) is 0 Å². The van der Waals surface area contributed by atoms with E-state index in [0.717, 1.165) is 28.7 Å². The van der Waals surface area contributed by atoms with Crippen LogP contribution in [0.5, 0.6) is 5.75 Å². The van der Waals surface area contributed by atoms with Gasteiger partial charge in [-0.1, -0.05) is 28.1 Å². The molecule has 1 aliphatic rings. The molecule has 1 N–H and O–H groups in total. The van der Waals surface area contributed by atoms with Crippen molar-refractivity contribution in [3.05, 3.63) is 63.1 Å². The molecule has 0 bridgehead atoms. The number of ether oxygens (including phenoxy) is 2. The summed E-state index contributed by atoms with van der Waals surface area (Å²) in [5.41, 5.74) is 2.34. The van der Waals surface area contributed by atoms with Crippen LogP contribution in [0.15, 0.2) is 40.9 Å². The minimum absolute atomic E-state index is 0.0347. The van der Waals surface area contributed by atoms with E-state index < -0.39 is 6.61 Å². The van der Waals surface area contributed by atoms with E-state index >= 15 is 0 Å². The van der Waals surface area contributed by atoms with Crippen LogP contribution in [0.4, 0.5) is 8.78 Å². The fourth-order valence-electron chi connectivity index (χ4n) is 3.17. The number of Topliss-reactive ketones (excluding diaryl/α,β-unsaturated/α-hetero) is 1. The molecule has 8 heteroatoms. The third-order valence-corrected chi connectivity index (χ3v) is 5.30. The third-order valence-electron chi connectivity index (χ3n) is 4.56. The van der Waals surface area contributed by atoms with E-state index in [-0.39, 0.29) is 41.6 Å². The van der Waals surface area contributed by atoms with Gasteiger partial charge in [0.1, 0.15) is 11.5 Å². The van der Waals surface area contributed by atoms with E-state index in [1.54, 1.807) is 0 Å². The van der Waals surface area contributed by atoms with Crippen molar-refractivity contribution < 1.29 is 23.0 Å². The number of hydrogen-bond donors (Lipinski definition) is 1. The molecule has 0 aliphatic carbocycles. The molecule has 0 unspecified atom stereocenters. The molecular weight excluding hydrogens is 446 g/mol. The Balaban J connectivity index is 1.71. The van der Waals surface area contributed by atoms with Crippen molar-refractivity contribution in [3.63, 3.8) is 0 Å². The molecule has 2 aromatic carbocycles. The average Bonchev–Trinajstić information content (AvgIpc) is 2.71. The number of carbonyl (C=O) groups is 1. The van der Waals surface area contributed by atoms with Gasteiger partial charge >= 0.3 is 6.61 Å². The number of ketones is 1. The lowest BCUT2D eigenvalue weighted by Gasteiger charge is -2.24. The van der Waals surface area contributed by atoms with E-state index in [0.29, 0.717) is 6.61 Å². The summed E-state index contributed by atoms with van der Waals surface area (Å²) in [6.07, 6.45) is -0.0238. The summed E-state index contributed by atoms with van der Waals surface area (Å²) in [6, 6.07) is 11.7. The van der Waals surface area contributed by atoms with Crippen LogP contribution in [-0.2, 0) is 22.4 Å². The van der Waals surface area contributed by atoms with Crippen molar-refractivity contribution in [1.82, 2.24) is 5.32 Å². The van der Waals surface area contributed by atoms with Gasteiger partial charge in [-0.05, 0) is 35.4 Å². The molecule has 0 saturated carbocycles. The van der Waals surface area contributed by atoms with Crippen LogP contribution < -0.4 is 10.1 Å². The maximum atomic E-state index is 12.6. The monoisotopic (exact) mass is 464 g/mol. The molecule has 1 atom stereocenters. The predicted octanol–water partition coefficient (Wildman–Crippen LogP) is 3.94. The molecule has 0 spiro atoms. The van der Waals surface area contributed by atoms with E-state index in [4.69, 9.17) is 10.00 Å². The van der Waals surface area contributed by atoms with Crippen LogP contribution in [0.3, 0.4) is 0 Å². The van der Waals surface area contributed by atoms with Gasteiger partial charge in [0.05, 0.1) is 24.3 Å². The number of benzene rings is 2. The Bertz CT molecular complexity index is 925. The van der Waals surface area contributed by atoms with Crippen molar-refractivity contribution >= 4 is 21.7 Å². The maximum Gasteiger partial charge on any atom is 0.387 e. The normalized spacial score (nSPS) is 16.4. The molecule has 0 amide bonds. The molecule has 1 fully saturated rings. The van der Waals surface area contributed by atoms with Gasteiger partial charge in [0.15, 0.2) is 0 Å². The van der Waals surface area contributed by atoms with Gasteiger partial charge in [-0.3, -0.25) is 4.79 Å². The molecule has 1 aliphatic heterocycles. The molecule has 2 aromatic rings. The molecule has 152 valence electrons. The number of halogens is 3. The number of carbonyl (C=O) groups excluding carboxylic acids is 1. The van der Waals surface area contributed by atoms with Crippen molar-refractivity contribution in [3.8, 4) is 11.8 Å². The first-order valence-corrected chi connectivity index (χ1v) is 9.85. The van der Waals surface area contributed by atoms with Gasteiger partial charge in [0, 0.05) is 36.0 Å². The third kappa shape index (κ3) is 5.82. The first kappa shape index (κ1) is 21.4. The van der Waals surface area contributed by atoms with Crippen molar-refractivity contribution in [2.24, 2.45) is 0 Å². The molecule has 0 aromatic heterocycles. The second-order valence-corrected chi connectivity index (χ2v) is 7.47. The molecule has 1 heterocycles. The van der Waals surface area contributed by atoms with Crippen LogP contribution in [0.25, 0.3) is 0 Å². The quantitative estimate of drug-likeness (QED) is 0.671. The summed E-state index contributed by atoms with van der Waals surface area (Å²) < 4.78 is 36.2. The Morgan fingerprint density at radius 3 is 2.72 bits per heavy atom. The zero-order valence-corrected chi connectivity index (χ0v) is 17.0. The average molecular weight is 465 g/mol. The first-order valence-electron chi connectivity index (χ1n) is 9.06. The molecule has 3 rings (SSSR count). The minimum Gasteiger partial charge on any atom is -0.435 e. The largest absolute Gasteiger partial charge is 0.435 e. The predicted molar refractivity (Wildman–Crippen MR) is 106 cm³/mol. The first-order chi connectivity index (χ1) is 14.0. The highest BCUT2D eigenvalue weighted by Gasteiger charge is 2.18. The standard InChI is InChI=1S/C21H19BrF2N2O3/c22-18-10-15(20-12-26-5-6-28-20)3-2-14(18)8-17(27)9-16-7-13(11-25)1-4-19(16)29-21(23)24/h1-4,7,10,20-21,26H,5-6,8-9,12H2/t20-/m1/s1. The van der Waals surface area contributed by atoms with E-state index in [2.05, 4.69) is 26.0 Å². The number of hydrogen-bond acceptors (Lipinski definition) is 5. The molecule has 0 radical (unpaired) electrons. The lowest BCUT2D eigenvalue weighted by molar-refractivity contribution is -0.118. The summed E-state index contributed by atoms with van der Waals surface area (Å²) >= 11 is 3.50. The Morgan fingerprint density at radius 1 is 1.28 bits per heavy atom. The highest BCUT2D eigenvalue weighted by atomic mass is 79.9. The number of alkyl halides is 2. The van der Waals surface area contributed by atoms with Crippen LogP contribution in [0.1, 0.15) is 28.4 Å². The Kier molecular flexibility index (Phi) is 7.31. The summed E-state index contributed by atoms with van der Waals surface area (Å²) in [6.45, 7) is -0.802.